The molecule has 0 spiro atoms. The zero-order valence-electron chi connectivity index (χ0n) is 16.4. The molecule has 1 amide bonds. The Morgan fingerprint density at radius 1 is 0.933 bits per heavy atom. The minimum Gasteiger partial charge on any atom is -0.497 e. The van der Waals surface area contributed by atoms with E-state index in [9.17, 15) is 13.2 Å². The van der Waals surface area contributed by atoms with E-state index in [1.807, 2.05) is 0 Å². The third kappa shape index (κ3) is 4.46. The minimum atomic E-state index is -4.10. The van der Waals surface area contributed by atoms with Gasteiger partial charge < -0.3 is 19.5 Å². The summed E-state index contributed by atoms with van der Waals surface area (Å²) in [7, 11) is 0.373. The molecule has 1 aromatic heterocycles. The first-order valence-electron chi connectivity index (χ1n) is 8.61. The molecule has 0 bridgehead atoms. The molecule has 11 heteroatoms. The largest absolute Gasteiger partial charge is 0.497 e. The quantitative estimate of drug-likeness (QED) is 0.498. The van der Waals surface area contributed by atoms with E-state index in [1.165, 1.54) is 33.5 Å². The summed E-state index contributed by atoms with van der Waals surface area (Å²) in [6, 6.07) is 11.1. The van der Waals surface area contributed by atoms with Crippen LogP contribution in [0.15, 0.2) is 53.7 Å². The number of sulfonamides is 1. The van der Waals surface area contributed by atoms with Crippen LogP contribution in [-0.4, -0.2) is 45.9 Å². The number of ether oxygens (including phenoxy) is 3. The number of aromatic amines is 1. The first-order valence-corrected chi connectivity index (χ1v) is 10.1. The number of H-pyrrole nitrogens is 1. The van der Waals surface area contributed by atoms with Gasteiger partial charge in [0.25, 0.3) is 15.9 Å². The number of aromatic nitrogens is 2. The second-order valence-corrected chi connectivity index (χ2v) is 7.59. The lowest BCUT2D eigenvalue weighted by atomic mass is 10.2. The van der Waals surface area contributed by atoms with Gasteiger partial charge in [-0.3, -0.25) is 14.6 Å². The van der Waals surface area contributed by atoms with Crippen LogP contribution in [-0.2, 0) is 10.0 Å². The summed E-state index contributed by atoms with van der Waals surface area (Å²) in [6.07, 6.45) is 1.14. The predicted octanol–water partition coefficient (Wildman–Crippen LogP) is 2.49. The number of carbonyl (C=O) groups excluding carboxylic acids is 1. The molecule has 0 aliphatic heterocycles. The highest BCUT2D eigenvalue weighted by atomic mass is 32.2. The zero-order valence-corrected chi connectivity index (χ0v) is 17.2. The monoisotopic (exact) mass is 432 g/mol. The summed E-state index contributed by atoms with van der Waals surface area (Å²) < 4.78 is 43.3. The number of benzene rings is 2. The van der Waals surface area contributed by atoms with Crippen LogP contribution in [0.4, 0.5) is 11.4 Å². The molecule has 0 fully saturated rings. The van der Waals surface area contributed by atoms with Crippen LogP contribution in [0.1, 0.15) is 10.4 Å². The maximum atomic E-state index is 12.7. The molecule has 0 radical (unpaired) electrons. The maximum absolute atomic E-state index is 12.7. The molecule has 3 aromatic rings. The maximum Gasteiger partial charge on any atom is 0.279 e. The van der Waals surface area contributed by atoms with Gasteiger partial charge in [-0.1, -0.05) is 0 Å². The molecule has 0 aliphatic rings. The van der Waals surface area contributed by atoms with Gasteiger partial charge in [-0.25, -0.2) is 0 Å². The van der Waals surface area contributed by atoms with Crippen LogP contribution < -0.4 is 24.2 Å². The van der Waals surface area contributed by atoms with Crippen LogP contribution in [0, 0.1) is 0 Å². The molecular weight excluding hydrogens is 412 g/mol. The predicted molar refractivity (Wildman–Crippen MR) is 110 cm³/mol. The summed E-state index contributed by atoms with van der Waals surface area (Å²) in [6.45, 7) is 0. The second-order valence-electron chi connectivity index (χ2n) is 5.97. The lowest BCUT2D eigenvalue weighted by Gasteiger charge is -2.11. The summed E-state index contributed by atoms with van der Waals surface area (Å²) in [5.41, 5.74) is 0.549. The molecule has 1 heterocycles. The third-order valence-electron chi connectivity index (χ3n) is 4.10. The minimum absolute atomic E-state index is 0.147. The molecule has 0 unspecified atom stereocenters. The molecular formula is C19H20N4O6S. The number of nitrogens with zero attached hydrogens (tertiary/aromatic N) is 1. The fraction of sp³-hybridized carbons (Fsp3) is 0.158. The van der Waals surface area contributed by atoms with E-state index < -0.39 is 15.9 Å². The topological polar surface area (TPSA) is 132 Å². The van der Waals surface area contributed by atoms with Gasteiger partial charge in [-0.05, 0) is 36.4 Å². The van der Waals surface area contributed by atoms with Crippen LogP contribution >= 0.6 is 0 Å². The number of carbonyl (C=O) groups is 1. The van der Waals surface area contributed by atoms with Crippen LogP contribution in [0.25, 0.3) is 0 Å². The van der Waals surface area contributed by atoms with Gasteiger partial charge in [0.2, 0.25) is 0 Å². The van der Waals surface area contributed by atoms with E-state index in [4.69, 9.17) is 14.2 Å². The van der Waals surface area contributed by atoms with Crippen molar-refractivity contribution in [2.75, 3.05) is 31.4 Å². The van der Waals surface area contributed by atoms with E-state index in [0.29, 0.717) is 28.6 Å². The second kappa shape index (κ2) is 8.74. The van der Waals surface area contributed by atoms with Crippen molar-refractivity contribution < 1.29 is 27.4 Å². The van der Waals surface area contributed by atoms with Crippen LogP contribution in [0.2, 0.25) is 0 Å². The number of hydrogen-bond acceptors (Lipinski definition) is 7. The molecule has 0 saturated heterocycles. The highest BCUT2D eigenvalue weighted by Gasteiger charge is 2.25. The first kappa shape index (κ1) is 21.0. The Labute approximate surface area is 173 Å². The van der Waals surface area contributed by atoms with Crippen molar-refractivity contribution in [3.05, 3.63) is 54.2 Å². The van der Waals surface area contributed by atoms with E-state index in [2.05, 4.69) is 20.2 Å². The summed E-state index contributed by atoms with van der Waals surface area (Å²) >= 11 is 0. The Kier molecular flexibility index (Phi) is 6.11. The van der Waals surface area contributed by atoms with Crippen LogP contribution in [0.5, 0.6) is 17.2 Å². The standard InChI is InChI=1S/C19H20N4O6S/c1-27-14-7-4-12(5-8-14)23-30(25,26)19-15(11-20-22-19)18(24)21-13-6-9-16(28-2)17(10-13)29-3/h4-11,23H,1-3H3,(H,20,22)(H,21,24). The van der Waals surface area contributed by atoms with E-state index in [1.54, 1.807) is 30.3 Å². The van der Waals surface area contributed by atoms with Gasteiger partial charge in [0.05, 0.1) is 33.1 Å². The number of methoxy groups -OCH3 is 3. The molecule has 0 saturated carbocycles. The van der Waals surface area contributed by atoms with Crippen molar-refractivity contribution in [2.45, 2.75) is 5.03 Å². The SMILES string of the molecule is COc1ccc(NS(=O)(=O)c2[nH]ncc2C(=O)Nc2ccc(OC)c(OC)c2)cc1. The normalized spacial score (nSPS) is 10.9. The average molecular weight is 432 g/mol. The van der Waals surface area contributed by atoms with Gasteiger partial charge in [-0.2, -0.15) is 13.5 Å². The van der Waals surface area contributed by atoms with Gasteiger partial charge >= 0.3 is 0 Å². The molecule has 0 atom stereocenters. The van der Waals surface area contributed by atoms with Gasteiger partial charge in [0.1, 0.15) is 5.75 Å². The first-order chi connectivity index (χ1) is 14.4. The van der Waals surface area contributed by atoms with Crippen molar-refractivity contribution in [3.63, 3.8) is 0 Å². The molecule has 2 aromatic carbocycles. The Hall–Kier alpha value is -3.73. The average Bonchev–Trinajstić information content (AvgIpc) is 3.25. The van der Waals surface area contributed by atoms with Crippen molar-refractivity contribution >= 4 is 27.3 Å². The van der Waals surface area contributed by atoms with E-state index >= 15 is 0 Å². The van der Waals surface area contributed by atoms with Crippen molar-refractivity contribution in [3.8, 4) is 17.2 Å². The van der Waals surface area contributed by atoms with E-state index in [-0.39, 0.29) is 10.6 Å². The van der Waals surface area contributed by atoms with Gasteiger partial charge in [-0.15, -0.1) is 0 Å². The Morgan fingerprint density at radius 2 is 1.60 bits per heavy atom. The molecule has 3 rings (SSSR count). The van der Waals surface area contributed by atoms with Gasteiger partial charge in [0.15, 0.2) is 16.5 Å². The fourth-order valence-corrected chi connectivity index (χ4v) is 3.77. The summed E-state index contributed by atoms with van der Waals surface area (Å²) in [5, 5.41) is 8.33. The van der Waals surface area contributed by atoms with Crippen molar-refractivity contribution in [1.82, 2.24) is 10.2 Å². The molecule has 10 nitrogen and oxygen atoms in total. The van der Waals surface area contributed by atoms with Crippen LogP contribution in [0.3, 0.4) is 0 Å². The lowest BCUT2D eigenvalue weighted by molar-refractivity contribution is 0.102. The number of anilines is 2. The molecule has 3 N–H and O–H groups in total. The van der Waals surface area contributed by atoms with Crippen molar-refractivity contribution in [1.29, 1.82) is 0 Å². The lowest BCUT2D eigenvalue weighted by Crippen LogP contribution is -2.19. The Balaban J connectivity index is 1.82. The number of amides is 1. The number of hydrogen-bond donors (Lipinski definition) is 3. The summed E-state index contributed by atoms with van der Waals surface area (Å²) in [5.74, 6) is 0.822. The van der Waals surface area contributed by atoms with E-state index in [0.717, 1.165) is 6.20 Å². The fourth-order valence-electron chi connectivity index (χ4n) is 2.62. The smallest absolute Gasteiger partial charge is 0.279 e. The van der Waals surface area contributed by atoms with Crippen molar-refractivity contribution in [2.24, 2.45) is 0 Å². The number of nitrogens with one attached hydrogen (secondary N) is 3. The highest BCUT2D eigenvalue weighted by Crippen LogP contribution is 2.30. The third-order valence-corrected chi connectivity index (χ3v) is 5.45. The van der Waals surface area contributed by atoms with Gasteiger partial charge in [0, 0.05) is 17.4 Å². The summed E-state index contributed by atoms with van der Waals surface area (Å²) in [4.78, 5) is 12.7. The number of rotatable bonds is 8. The molecule has 0 aliphatic carbocycles. The Morgan fingerprint density at radius 3 is 2.23 bits per heavy atom. The molecule has 30 heavy (non-hydrogen) atoms. The highest BCUT2D eigenvalue weighted by molar-refractivity contribution is 7.92. The molecule has 158 valence electrons. The Bertz CT molecular complexity index is 1140. The zero-order chi connectivity index (χ0) is 21.7.